The van der Waals surface area contributed by atoms with Gasteiger partial charge in [0.1, 0.15) is 5.78 Å². The van der Waals surface area contributed by atoms with Crippen molar-refractivity contribution in [2.45, 2.75) is 96.7 Å². The van der Waals surface area contributed by atoms with Gasteiger partial charge in [-0.3, -0.25) is 4.79 Å². The van der Waals surface area contributed by atoms with Gasteiger partial charge in [0.05, 0.1) is 12.2 Å². The summed E-state index contributed by atoms with van der Waals surface area (Å²) in [7, 11) is 0. The van der Waals surface area contributed by atoms with Gasteiger partial charge < -0.3 is 4.74 Å². The highest BCUT2D eigenvalue weighted by atomic mass is 16.5. The van der Waals surface area contributed by atoms with Crippen LogP contribution in [0.15, 0.2) is 0 Å². The average Bonchev–Trinajstić information content (AvgIpc) is 2.31. The Bertz CT molecular complexity index is 225. The number of rotatable bonds is 9. The van der Waals surface area contributed by atoms with Crippen molar-refractivity contribution in [3.8, 4) is 0 Å². The fourth-order valence-electron chi connectivity index (χ4n) is 2.76. The molecule has 1 rings (SSSR count). The molecule has 1 aliphatic heterocycles. The first-order valence-corrected chi connectivity index (χ1v) is 7.89. The minimum atomic E-state index is 0.144. The van der Waals surface area contributed by atoms with Gasteiger partial charge in [0.2, 0.25) is 0 Å². The zero-order chi connectivity index (χ0) is 13.2. The van der Waals surface area contributed by atoms with Gasteiger partial charge in [-0.2, -0.15) is 0 Å². The van der Waals surface area contributed by atoms with Crippen molar-refractivity contribution in [2.24, 2.45) is 0 Å². The quantitative estimate of drug-likeness (QED) is 0.560. The Hall–Kier alpha value is -0.370. The first-order valence-electron chi connectivity index (χ1n) is 7.89. The summed E-state index contributed by atoms with van der Waals surface area (Å²) in [6, 6.07) is 0. The summed E-state index contributed by atoms with van der Waals surface area (Å²) in [6.45, 7) is 4.27. The monoisotopic (exact) mass is 254 g/mol. The SMILES string of the molecule is CCCCCCCCCC[C@@H]1CC(=O)C[C@H](C)O1. The Labute approximate surface area is 112 Å². The van der Waals surface area contributed by atoms with E-state index in [0.717, 1.165) is 6.42 Å². The summed E-state index contributed by atoms with van der Waals surface area (Å²) in [5.41, 5.74) is 0. The number of Topliss-reactive ketones (excluding diaryl/α,β-unsaturated/α-hetero) is 1. The lowest BCUT2D eigenvalue weighted by Gasteiger charge is -2.26. The molecule has 1 fully saturated rings. The molecule has 1 heterocycles. The molecular weight excluding hydrogens is 224 g/mol. The van der Waals surface area contributed by atoms with E-state index in [4.69, 9.17) is 4.74 Å². The van der Waals surface area contributed by atoms with Gasteiger partial charge in [-0.15, -0.1) is 0 Å². The van der Waals surface area contributed by atoms with Crippen LogP contribution < -0.4 is 0 Å². The summed E-state index contributed by atoms with van der Waals surface area (Å²) < 4.78 is 5.80. The Balaban J connectivity index is 1.92. The maximum atomic E-state index is 11.4. The minimum Gasteiger partial charge on any atom is -0.374 e. The van der Waals surface area contributed by atoms with E-state index < -0.39 is 0 Å². The van der Waals surface area contributed by atoms with Crippen molar-refractivity contribution in [3.05, 3.63) is 0 Å². The smallest absolute Gasteiger partial charge is 0.138 e. The normalized spacial score (nSPS) is 24.4. The molecule has 1 saturated heterocycles. The zero-order valence-electron chi connectivity index (χ0n) is 12.2. The van der Waals surface area contributed by atoms with Crippen LogP contribution in [0, 0.1) is 0 Å². The number of ether oxygens (including phenoxy) is 1. The molecule has 0 amide bonds. The number of carbonyl (C=O) groups excluding carboxylic acids is 1. The highest BCUT2D eigenvalue weighted by molar-refractivity contribution is 5.79. The van der Waals surface area contributed by atoms with Gasteiger partial charge in [-0.25, -0.2) is 0 Å². The lowest BCUT2D eigenvalue weighted by atomic mass is 9.98. The van der Waals surface area contributed by atoms with Crippen LogP contribution in [-0.4, -0.2) is 18.0 Å². The van der Waals surface area contributed by atoms with Gasteiger partial charge in [0.25, 0.3) is 0 Å². The van der Waals surface area contributed by atoms with Crippen molar-refractivity contribution in [1.29, 1.82) is 0 Å². The second-order valence-corrected chi connectivity index (χ2v) is 5.78. The van der Waals surface area contributed by atoms with Gasteiger partial charge in [-0.05, 0) is 13.3 Å². The first-order chi connectivity index (χ1) is 8.72. The molecule has 2 heteroatoms. The molecule has 0 bridgehead atoms. The van der Waals surface area contributed by atoms with Gasteiger partial charge in [0.15, 0.2) is 0 Å². The van der Waals surface area contributed by atoms with Crippen molar-refractivity contribution in [3.63, 3.8) is 0 Å². The van der Waals surface area contributed by atoms with Crippen LogP contribution in [0.3, 0.4) is 0 Å². The molecule has 18 heavy (non-hydrogen) atoms. The molecule has 2 nitrogen and oxygen atoms in total. The van der Waals surface area contributed by atoms with Crippen LogP contribution in [0.1, 0.15) is 84.5 Å². The third-order valence-electron chi connectivity index (χ3n) is 3.77. The maximum absolute atomic E-state index is 11.4. The van der Waals surface area contributed by atoms with Crippen molar-refractivity contribution >= 4 is 5.78 Å². The summed E-state index contributed by atoms with van der Waals surface area (Å²) >= 11 is 0. The van der Waals surface area contributed by atoms with E-state index in [1.54, 1.807) is 0 Å². The van der Waals surface area contributed by atoms with Crippen LogP contribution in [0.5, 0.6) is 0 Å². The molecule has 0 unspecified atom stereocenters. The van der Waals surface area contributed by atoms with Gasteiger partial charge >= 0.3 is 0 Å². The number of carbonyl (C=O) groups is 1. The molecule has 0 N–H and O–H groups in total. The second-order valence-electron chi connectivity index (χ2n) is 5.78. The predicted octanol–water partition coefficient (Wildman–Crippen LogP) is 4.65. The van der Waals surface area contributed by atoms with Crippen LogP contribution in [0.4, 0.5) is 0 Å². The number of hydrogen-bond donors (Lipinski definition) is 0. The molecular formula is C16H30O2. The average molecular weight is 254 g/mol. The van der Waals surface area contributed by atoms with E-state index in [1.807, 2.05) is 6.92 Å². The summed E-state index contributed by atoms with van der Waals surface area (Å²) in [4.78, 5) is 11.4. The minimum absolute atomic E-state index is 0.144. The highest BCUT2D eigenvalue weighted by Gasteiger charge is 2.24. The fourth-order valence-corrected chi connectivity index (χ4v) is 2.76. The number of hydrogen-bond acceptors (Lipinski definition) is 2. The Morgan fingerprint density at radius 2 is 1.61 bits per heavy atom. The van der Waals surface area contributed by atoms with Crippen molar-refractivity contribution in [1.82, 2.24) is 0 Å². The van der Waals surface area contributed by atoms with Crippen LogP contribution in [0.25, 0.3) is 0 Å². The fraction of sp³-hybridized carbons (Fsp3) is 0.938. The predicted molar refractivity (Wildman–Crippen MR) is 75.8 cm³/mol. The molecule has 0 spiro atoms. The largest absolute Gasteiger partial charge is 0.374 e. The van der Waals surface area contributed by atoms with E-state index in [-0.39, 0.29) is 12.2 Å². The first kappa shape index (κ1) is 15.7. The number of ketones is 1. The van der Waals surface area contributed by atoms with E-state index in [0.29, 0.717) is 18.6 Å². The standard InChI is InChI=1S/C16H30O2/c1-3-4-5-6-7-8-9-10-11-16-13-15(17)12-14(2)18-16/h14,16H,3-13H2,1-2H3/t14-,16+/m0/s1. The molecule has 106 valence electrons. The second kappa shape index (κ2) is 9.55. The molecule has 1 aliphatic rings. The van der Waals surface area contributed by atoms with E-state index in [9.17, 15) is 4.79 Å². The zero-order valence-corrected chi connectivity index (χ0v) is 12.2. The van der Waals surface area contributed by atoms with Gasteiger partial charge in [-0.1, -0.05) is 58.3 Å². The molecule has 2 atom stereocenters. The molecule has 0 radical (unpaired) electrons. The topological polar surface area (TPSA) is 26.3 Å². The Kier molecular flexibility index (Phi) is 8.32. The summed E-state index contributed by atoms with van der Waals surface area (Å²) in [6.07, 6.45) is 13.4. The van der Waals surface area contributed by atoms with Crippen molar-refractivity contribution < 1.29 is 9.53 Å². The van der Waals surface area contributed by atoms with Crippen LogP contribution in [0.2, 0.25) is 0 Å². The Morgan fingerprint density at radius 1 is 1.00 bits per heavy atom. The summed E-state index contributed by atoms with van der Waals surface area (Å²) in [5, 5.41) is 0. The van der Waals surface area contributed by atoms with Crippen molar-refractivity contribution in [2.75, 3.05) is 0 Å². The third-order valence-corrected chi connectivity index (χ3v) is 3.77. The Morgan fingerprint density at radius 3 is 2.22 bits per heavy atom. The maximum Gasteiger partial charge on any atom is 0.138 e. The van der Waals surface area contributed by atoms with Crippen LogP contribution in [-0.2, 0) is 9.53 Å². The third kappa shape index (κ3) is 7.15. The van der Waals surface area contributed by atoms with E-state index >= 15 is 0 Å². The van der Waals surface area contributed by atoms with Gasteiger partial charge in [0, 0.05) is 12.8 Å². The highest BCUT2D eigenvalue weighted by Crippen LogP contribution is 2.21. The van der Waals surface area contributed by atoms with E-state index in [2.05, 4.69) is 6.92 Å². The molecule has 0 aromatic rings. The lowest BCUT2D eigenvalue weighted by Crippen LogP contribution is -2.31. The van der Waals surface area contributed by atoms with Crippen LogP contribution >= 0.6 is 0 Å². The molecule has 0 aliphatic carbocycles. The lowest BCUT2D eigenvalue weighted by molar-refractivity contribution is -0.134. The van der Waals surface area contributed by atoms with E-state index in [1.165, 1.54) is 51.4 Å². The number of unbranched alkanes of at least 4 members (excludes halogenated alkanes) is 7. The molecule has 0 aromatic heterocycles. The molecule has 0 aromatic carbocycles. The molecule has 0 saturated carbocycles. The summed E-state index contributed by atoms with van der Waals surface area (Å²) in [5.74, 6) is 0.387.